The summed E-state index contributed by atoms with van der Waals surface area (Å²) in [6.45, 7) is -0.0366. The smallest absolute Gasteiger partial charge is 0.228 e. The molecule has 4 nitrogen and oxygen atoms in total. The van der Waals surface area contributed by atoms with Crippen molar-refractivity contribution in [2.24, 2.45) is 5.73 Å². The normalized spacial score (nSPS) is 15.6. The van der Waals surface area contributed by atoms with E-state index in [-0.39, 0.29) is 36.6 Å². The number of hydrogen-bond acceptors (Lipinski definition) is 3. The molecule has 7 heteroatoms. The average Bonchev–Trinajstić information content (AvgIpc) is 2.82. The number of nitrogens with two attached hydrogens (primary N) is 1. The first-order valence-corrected chi connectivity index (χ1v) is 6.26. The SMILES string of the molecule is N[C@@H](CC(=O)N1C=CC(=O)C1)Cc1cc(F)c(F)cc1F. The van der Waals surface area contributed by atoms with Gasteiger partial charge in [0.1, 0.15) is 5.82 Å². The van der Waals surface area contributed by atoms with Crippen LogP contribution in [0.1, 0.15) is 12.0 Å². The van der Waals surface area contributed by atoms with Crippen molar-refractivity contribution in [3.63, 3.8) is 0 Å². The van der Waals surface area contributed by atoms with Gasteiger partial charge in [0.15, 0.2) is 17.4 Å². The molecule has 112 valence electrons. The number of halogens is 3. The number of carbonyl (C=O) groups is 2. The van der Waals surface area contributed by atoms with Gasteiger partial charge in [-0.3, -0.25) is 9.59 Å². The van der Waals surface area contributed by atoms with E-state index in [4.69, 9.17) is 5.73 Å². The van der Waals surface area contributed by atoms with Crippen LogP contribution in [-0.4, -0.2) is 29.2 Å². The molecule has 0 aliphatic carbocycles. The van der Waals surface area contributed by atoms with E-state index in [1.165, 1.54) is 17.2 Å². The maximum absolute atomic E-state index is 13.5. The molecule has 1 atom stereocenters. The van der Waals surface area contributed by atoms with Crippen molar-refractivity contribution in [3.8, 4) is 0 Å². The van der Waals surface area contributed by atoms with Gasteiger partial charge >= 0.3 is 0 Å². The number of benzene rings is 1. The first-order chi connectivity index (χ1) is 9.86. The van der Waals surface area contributed by atoms with E-state index in [9.17, 15) is 22.8 Å². The van der Waals surface area contributed by atoms with Crippen LogP contribution in [-0.2, 0) is 16.0 Å². The summed E-state index contributed by atoms with van der Waals surface area (Å²) in [7, 11) is 0. The minimum Gasteiger partial charge on any atom is -0.327 e. The zero-order valence-electron chi connectivity index (χ0n) is 11.0. The average molecular weight is 298 g/mol. The van der Waals surface area contributed by atoms with Crippen LogP contribution >= 0.6 is 0 Å². The van der Waals surface area contributed by atoms with Crippen molar-refractivity contribution >= 4 is 11.7 Å². The Morgan fingerprint density at radius 3 is 2.52 bits per heavy atom. The van der Waals surface area contributed by atoms with Gasteiger partial charge < -0.3 is 10.6 Å². The predicted molar refractivity (Wildman–Crippen MR) is 68.5 cm³/mol. The van der Waals surface area contributed by atoms with E-state index in [0.717, 1.165) is 6.07 Å². The van der Waals surface area contributed by atoms with E-state index < -0.39 is 23.5 Å². The molecule has 1 aromatic carbocycles. The summed E-state index contributed by atoms with van der Waals surface area (Å²) in [5.74, 6) is -3.93. The summed E-state index contributed by atoms with van der Waals surface area (Å²) in [6, 6.07) is 0.413. The van der Waals surface area contributed by atoms with Gasteiger partial charge in [-0.1, -0.05) is 0 Å². The van der Waals surface area contributed by atoms with E-state index in [1.54, 1.807) is 0 Å². The summed E-state index contributed by atoms with van der Waals surface area (Å²) in [4.78, 5) is 24.0. The molecule has 1 aliphatic heterocycles. The van der Waals surface area contributed by atoms with Crippen LogP contribution < -0.4 is 5.73 Å². The molecule has 0 aromatic heterocycles. The van der Waals surface area contributed by atoms with Gasteiger partial charge in [-0.2, -0.15) is 0 Å². The fraction of sp³-hybridized carbons (Fsp3) is 0.286. The number of rotatable bonds is 4. The predicted octanol–water partition coefficient (Wildman–Crippen LogP) is 1.29. The van der Waals surface area contributed by atoms with Crippen molar-refractivity contribution in [1.82, 2.24) is 4.90 Å². The molecule has 0 unspecified atom stereocenters. The first-order valence-electron chi connectivity index (χ1n) is 6.26. The van der Waals surface area contributed by atoms with Crippen LogP contribution in [0.15, 0.2) is 24.4 Å². The van der Waals surface area contributed by atoms with Crippen LogP contribution in [0.2, 0.25) is 0 Å². The number of amides is 1. The number of ketones is 1. The zero-order chi connectivity index (χ0) is 15.6. The van der Waals surface area contributed by atoms with E-state index in [0.29, 0.717) is 6.07 Å². The summed E-state index contributed by atoms with van der Waals surface area (Å²) >= 11 is 0. The Labute approximate surface area is 119 Å². The van der Waals surface area contributed by atoms with Crippen LogP contribution in [0.4, 0.5) is 13.2 Å². The van der Waals surface area contributed by atoms with Gasteiger partial charge in [0.25, 0.3) is 0 Å². The summed E-state index contributed by atoms with van der Waals surface area (Å²) in [5.41, 5.74) is 5.63. The van der Waals surface area contributed by atoms with E-state index in [1.807, 2.05) is 0 Å². The highest BCUT2D eigenvalue weighted by atomic mass is 19.2. The zero-order valence-corrected chi connectivity index (χ0v) is 11.0. The van der Waals surface area contributed by atoms with Gasteiger partial charge in [-0.25, -0.2) is 13.2 Å². The van der Waals surface area contributed by atoms with Gasteiger partial charge in [0.05, 0.1) is 6.54 Å². The van der Waals surface area contributed by atoms with Crippen LogP contribution in [0.5, 0.6) is 0 Å². The Bertz CT molecular complexity index is 616. The standard InChI is InChI=1S/C14H13F3N2O2/c15-11-6-13(17)12(16)4-8(11)3-9(18)5-14(21)19-2-1-10(20)7-19/h1-2,4,6,9H,3,5,7,18H2/t9-/m1/s1. The highest BCUT2D eigenvalue weighted by Crippen LogP contribution is 2.16. The number of hydrogen-bond donors (Lipinski definition) is 1. The molecule has 0 saturated heterocycles. The highest BCUT2D eigenvalue weighted by Gasteiger charge is 2.22. The monoisotopic (exact) mass is 298 g/mol. The second-order valence-corrected chi connectivity index (χ2v) is 4.83. The molecule has 2 rings (SSSR count). The third-order valence-electron chi connectivity index (χ3n) is 3.10. The lowest BCUT2D eigenvalue weighted by Gasteiger charge is -2.16. The van der Waals surface area contributed by atoms with E-state index in [2.05, 4.69) is 0 Å². The largest absolute Gasteiger partial charge is 0.327 e. The quantitative estimate of drug-likeness (QED) is 0.852. The molecular weight excluding hydrogens is 285 g/mol. The topological polar surface area (TPSA) is 63.4 Å². The Morgan fingerprint density at radius 1 is 1.24 bits per heavy atom. The van der Waals surface area contributed by atoms with Gasteiger partial charge in [0.2, 0.25) is 5.91 Å². The van der Waals surface area contributed by atoms with Crippen molar-refractivity contribution in [2.75, 3.05) is 6.54 Å². The molecule has 0 fully saturated rings. The second kappa shape index (κ2) is 6.09. The molecular formula is C14H13F3N2O2. The van der Waals surface area contributed by atoms with Crippen LogP contribution in [0, 0.1) is 17.5 Å². The molecule has 0 saturated carbocycles. The van der Waals surface area contributed by atoms with Crippen molar-refractivity contribution < 1.29 is 22.8 Å². The molecule has 0 bridgehead atoms. The molecule has 1 aliphatic rings. The van der Waals surface area contributed by atoms with E-state index >= 15 is 0 Å². The second-order valence-electron chi connectivity index (χ2n) is 4.83. The Balaban J connectivity index is 1.97. The summed E-state index contributed by atoms with van der Waals surface area (Å²) < 4.78 is 39.3. The maximum atomic E-state index is 13.5. The molecule has 21 heavy (non-hydrogen) atoms. The van der Waals surface area contributed by atoms with Crippen molar-refractivity contribution in [1.29, 1.82) is 0 Å². The summed E-state index contributed by atoms with van der Waals surface area (Å²) in [6.07, 6.45) is 2.39. The summed E-state index contributed by atoms with van der Waals surface area (Å²) in [5, 5.41) is 0. The molecule has 0 spiro atoms. The lowest BCUT2D eigenvalue weighted by atomic mass is 10.0. The Kier molecular flexibility index (Phi) is 4.42. The van der Waals surface area contributed by atoms with Crippen LogP contribution in [0.3, 0.4) is 0 Å². The van der Waals surface area contributed by atoms with Gasteiger partial charge in [0, 0.05) is 24.7 Å². The maximum Gasteiger partial charge on any atom is 0.228 e. The highest BCUT2D eigenvalue weighted by molar-refractivity contribution is 5.97. The van der Waals surface area contributed by atoms with Crippen LogP contribution in [0.25, 0.3) is 0 Å². The molecule has 1 amide bonds. The van der Waals surface area contributed by atoms with Crippen molar-refractivity contribution in [2.45, 2.75) is 18.9 Å². The van der Waals surface area contributed by atoms with Crippen molar-refractivity contribution in [3.05, 3.63) is 47.4 Å². The third kappa shape index (κ3) is 3.69. The van der Waals surface area contributed by atoms with Gasteiger partial charge in [-0.15, -0.1) is 0 Å². The lowest BCUT2D eigenvalue weighted by molar-refractivity contribution is -0.130. The fourth-order valence-corrected chi connectivity index (χ4v) is 2.03. The number of carbonyl (C=O) groups excluding carboxylic acids is 2. The van der Waals surface area contributed by atoms with Gasteiger partial charge in [-0.05, 0) is 24.1 Å². The Morgan fingerprint density at radius 2 is 1.90 bits per heavy atom. The molecule has 1 aromatic rings. The molecule has 1 heterocycles. The minimum absolute atomic E-state index is 0.0366. The fourth-order valence-electron chi connectivity index (χ4n) is 2.03. The molecule has 0 radical (unpaired) electrons. The third-order valence-corrected chi connectivity index (χ3v) is 3.10. The molecule has 2 N–H and O–H groups in total. The number of nitrogens with zero attached hydrogens (tertiary/aromatic N) is 1. The Hall–Kier alpha value is -2.15. The minimum atomic E-state index is -1.28. The lowest BCUT2D eigenvalue weighted by Crippen LogP contribution is -2.34. The first kappa shape index (κ1) is 15.2.